The third kappa shape index (κ3) is 2.75. The summed E-state index contributed by atoms with van der Waals surface area (Å²) in [6, 6.07) is 0. The van der Waals surface area contributed by atoms with E-state index >= 15 is 0 Å². The maximum Gasteiger partial charge on any atom is 0.205 e. The molecular formula is C10H18N6O. The highest BCUT2D eigenvalue weighted by atomic mass is 16.5. The summed E-state index contributed by atoms with van der Waals surface area (Å²) in [5, 5.41) is 2.10. The van der Waals surface area contributed by atoms with Crippen molar-refractivity contribution in [2.24, 2.45) is 0 Å². The Labute approximate surface area is 101 Å². The van der Waals surface area contributed by atoms with Crippen molar-refractivity contribution in [3.05, 3.63) is 6.33 Å². The van der Waals surface area contributed by atoms with E-state index in [-0.39, 0.29) is 0 Å². The molecule has 0 spiro atoms. The molecule has 0 bridgehead atoms. The molecule has 1 fully saturated rings. The number of ether oxygens (including phenoxy) is 1. The fourth-order valence-electron chi connectivity index (χ4n) is 1.74. The number of hydrogen-bond donors (Lipinski definition) is 2. The topological polar surface area (TPSA) is 79.5 Å². The number of nitrogens with one attached hydrogen (secondary N) is 1. The first-order valence-electron chi connectivity index (χ1n) is 5.55. The minimum atomic E-state index is 0.346. The lowest BCUT2D eigenvalue weighted by Gasteiger charge is -2.32. The number of anilines is 2. The summed E-state index contributed by atoms with van der Waals surface area (Å²) in [5.41, 5.74) is 8.93. The number of piperazine rings is 1. The van der Waals surface area contributed by atoms with E-state index in [0.717, 1.165) is 26.2 Å². The van der Waals surface area contributed by atoms with Gasteiger partial charge in [-0.05, 0) is 7.05 Å². The smallest absolute Gasteiger partial charge is 0.205 e. The molecule has 0 aromatic carbocycles. The Bertz CT molecular complexity index is 377. The number of rotatable bonds is 3. The normalized spacial score (nSPS) is 18.0. The summed E-state index contributed by atoms with van der Waals surface area (Å²) >= 11 is 0. The molecule has 2 rings (SSSR count). The third-order valence-electron chi connectivity index (χ3n) is 2.80. The Morgan fingerprint density at radius 1 is 1.29 bits per heavy atom. The largest absolute Gasteiger partial charge is 0.490 e. The second-order valence-electron chi connectivity index (χ2n) is 4.04. The molecule has 2 heterocycles. The molecule has 0 amide bonds. The number of hydrazine groups is 1. The molecule has 1 aromatic rings. The summed E-state index contributed by atoms with van der Waals surface area (Å²) in [6.45, 7) is 3.92. The summed E-state index contributed by atoms with van der Waals surface area (Å²) in [7, 11) is 3.67. The van der Waals surface area contributed by atoms with Crippen molar-refractivity contribution in [1.29, 1.82) is 0 Å². The molecule has 7 heteroatoms. The fraction of sp³-hybridized carbons (Fsp3) is 0.600. The molecule has 0 radical (unpaired) electrons. The van der Waals surface area contributed by atoms with Gasteiger partial charge in [-0.2, -0.15) is 0 Å². The van der Waals surface area contributed by atoms with Gasteiger partial charge in [-0.25, -0.2) is 15.0 Å². The standard InChI is InChI=1S/C10H18N6O/c1-15-3-5-16(6-4-15)14-10-8(17-2)9(11)12-7-13-10/h7H,3-6H2,1-2H3,(H3,11,12,13,14). The van der Waals surface area contributed by atoms with Gasteiger partial charge in [-0.3, -0.25) is 5.43 Å². The molecule has 0 unspecified atom stereocenters. The average Bonchev–Trinajstić information content (AvgIpc) is 2.32. The second kappa shape index (κ2) is 5.15. The van der Waals surface area contributed by atoms with Gasteiger partial charge in [0.1, 0.15) is 6.33 Å². The van der Waals surface area contributed by atoms with E-state index in [9.17, 15) is 0 Å². The average molecular weight is 238 g/mol. The SMILES string of the molecule is COc1c(N)ncnc1NN1CCN(C)CC1. The van der Waals surface area contributed by atoms with Crippen molar-refractivity contribution in [3.63, 3.8) is 0 Å². The van der Waals surface area contributed by atoms with Crippen LogP contribution in [-0.2, 0) is 0 Å². The maximum atomic E-state index is 5.72. The van der Waals surface area contributed by atoms with E-state index in [1.807, 2.05) is 0 Å². The second-order valence-corrected chi connectivity index (χ2v) is 4.04. The summed E-state index contributed by atoms with van der Waals surface area (Å²) < 4.78 is 5.19. The first kappa shape index (κ1) is 11.9. The summed E-state index contributed by atoms with van der Waals surface area (Å²) in [4.78, 5) is 10.3. The van der Waals surface area contributed by atoms with Crippen molar-refractivity contribution >= 4 is 11.6 Å². The monoisotopic (exact) mass is 238 g/mol. The van der Waals surface area contributed by atoms with Crippen LogP contribution in [-0.4, -0.2) is 60.2 Å². The third-order valence-corrected chi connectivity index (χ3v) is 2.80. The van der Waals surface area contributed by atoms with Gasteiger partial charge in [0.2, 0.25) is 5.75 Å². The van der Waals surface area contributed by atoms with Gasteiger partial charge in [0.05, 0.1) is 7.11 Å². The van der Waals surface area contributed by atoms with E-state index in [4.69, 9.17) is 10.5 Å². The summed E-state index contributed by atoms with van der Waals surface area (Å²) in [6.07, 6.45) is 1.43. The maximum absolute atomic E-state index is 5.72. The summed E-state index contributed by atoms with van der Waals surface area (Å²) in [5.74, 6) is 1.45. The van der Waals surface area contributed by atoms with Crippen molar-refractivity contribution in [3.8, 4) is 5.75 Å². The fourth-order valence-corrected chi connectivity index (χ4v) is 1.74. The van der Waals surface area contributed by atoms with Crippen LogP contribution in [0, 0.1) is 0 Å². The zero-order valence-corrected chi connectivity index (χ0v) is 10.2. The van der Waals surface area contributed by atoms with Crippen LogP contribution in [0.5, 0.6) is 5.75 Å². The number of nitrogen functional groups attached to an aromatic ring is 1. The number of nitrogens with zero attached hydrogens (tertiary/aromatic N) is 4. The zero-order valence-electron chi connectivity index (χ0n) is 10.2. The molecule has 3 N–H and O–H groups in total. The Morgan fingerprint density at radius 3 is 2.65 bits per heavy atom. The molecule has 0 atom stereocenters. The molecule has 0 saturated carbocycles. The van der Waals surface area contributed by atoms with Crippen LogP contribution in [0.2, 0.25) is 0 Å². The van der Waals surface area contributed by atoms with Crippen LogP contribution in [0.1, 0.15) is 0 Å². The van der Waals surface area contributed by atoms with Crippen LogP contribution in [0.3, 0.4) is 0 Å². The van der Waals surface area contributed by atoms with E-state index in [2.05, 4.69) is 32.4 Å². The van der Waals surface area contributed by atoms with Crippen LogP contribution in [0.25, 0.3) is 0 Å². The first-order valence-corrected chi connectivity index (χ1v) is 5.55. The predicted molar refractivity (Wildman–Crippen MR) is 65.7 cm³/mol. The van der Waals surface area contributed by atoms with Crippen molar-refractivity contribution < 1.29 is 4.74 Å². The zero-order chi connectivity index (χ0) is 12.3. The minimum Gasteiger partial charge on any atom is -0.490 e. The number of methoxy groups -OCH3 is 1. The Kier molecular flexibility index (Phi) is 3.60. The molecular weight excluding hydrogens is 220 g/mol. The van der Waals surface area contributed by atoms with Gasteiger partial charge < -0.3 is 15.4 Å². The minimum absolute atomic E-state index is 0.346. The Hall–Kier alpha value is -1.60. The highest BCUT2D eigenvalue weighted by Gasteiger charge is 2.16. The van der Waals surface area contributed by atoms with Crippen LogP contribution >= 0.6 is 0 Å². The van der Waals surface area contributed by atoms with E-state index < -0.39 is 0 Å². The molecule has 1 aliphatic rings. The van der Waals surface area contributed by atoms with E-state index in [1.165, 1.54) is 6.33 Å². The highest BCUT2D eigenvalue weighted by Crippen LogP contribution is 2.26. The highest BCUT2D eigenvalue weighted by molar-refractivity contribution is 5.60. The lowest BCUT2D eigenvalue weighted by Crippen LogP contribution is -2.47. The van der Waals surface area contributed by atoms with Gasteiger partial charge in [0, 0.05) is 26.2 Å². The van der Waals surface area contributed by atoms with Crippen molar-refractivity contribution in [2.45, 2.75) is 0 Å². The molecule has 17 heavy (non-hydrogen) atoms. The quantitative estimate of drug-likeness (QED) is 0.744. The van der Waals surface area contributed by atoms with Crippen molar-refractivity contribution in [2.75, 3.05) is 51.5 Å². The van der Waals surface area contributed by atoms with Crippen LogP contribution in [0.15, 0.2) is 6.33 Å². The van der Waals surface area contributed by atoms with Gasteiger partial charge in [-0.1, -0.05) is 0 Å². The van der Waals surface area contributed by atoms with Crippen LogP contribution < -0.4 is 15.9 Å². The Morgan fingerprint density at radius 2 is 2.00 bits per heavy atom. The van der Waals surface area contributed by atoms with E-state index in [1.54, 1.807) is 7.11 Å². The van der Waals surface area contributed by atoms with E-state index in [0.29, 0.717) is 17.4 Å². The molecule has 1 aromatic heterocycles. The molecule has 94 valence electrons. The lowest BCUT2D eigenvalue weighted by atomic mass is 10.4. The number of aromatic nitrogens is 2. The molecule has 0 aliphatic carbocycles. The molecule has 1 saturated heterocycles. The van der Waals surface area contributed by atoms with Crippen molar-refractivity contribution in [1.82, 2.24) is 19.9 Å². The number of likely N-dealkylation sites (N-methyl/N-ethyl adjacent to an activating group) is 1. The van der Waals surface area contributed by atoms with Gasteiger partial charge in [-0.15, -0.1) is 0 Å². The van der Waals surface area contributed by atoms with Gasteiger partial charge in [0.25, 0.3) is 0 Å². The number of nitrogens with two attached hydrogens (primary N) is 1. The number of hydrogen-bond acceptors (Lipinski definition) is 7. The Balaban J connectivity index is 2.05. The predicted octanol–water partition coefficient (Wildman–Crippen LogP) is -0.358. The molecule has 1 aliphatic heterocycles. The van der Waals surface area contributed by atoms with Gasteiger partial charge in [0.15, 0.2) is 11.6 Å². The van der Waals surface area contributed by atoms with Gasteiger partial charge >= 0.3 is 0 Å². The first-order chi connectivity index (χ1) is 8.20. The molecule has 7 nitrogen and oxygen atoms in total. The lowest BCUT2D eigenvalue weighted by molar-refractivity contribution is 0.178. The van der Waals surface area contributed by atoms with Crippen LogP contribution in [0.4, 0.5) is 11.6 Å².